The molecule has 21 heavy (non-hydrogen) atoms. The number of alkyl carbamates (subject to hydrolysis) is 1. The third-order valence-electron chi connectivity index (χ3n) is 2.65. The van der Waals surface area contributed by atoms with Crippen molar-refractivity contribution in [3.05, 3.63) is 0 Å². The summed E-state index contributed by atoms with van der Waals surface area (Å²) in [5.41, 5.74) is -0.463. The van der Waals surface area contributed by atoms with Gasteiger partial charge in [-0.2, -0.15) is 0 Å². The van der Waals surface area contributed by atoms with Gasteiger partial charge in [0.2, 0.25) is 0 Å². The van der Waals surface area contributed by atoms with E-state index in [0.29, 0.717) is 26.5 Å². The molecule has 0 fully saturated rings. The van der Waals surface area contributed by atoms with Crippen LogP contribution in [-0.2, 0) is 14.2 Å². The molecule has 6 heteroatoms. The number of amides is 1. The van der Waals surface area contributed by atoms with Crippen molar-refractivity contribution in [2.45, 2.75) is 58.6 Å². The highest BCUT2D eigenvalue weighted by Crippen LogP contribution is 2.06. The molecule has 2 N–H and O–H groups in total. The first-order chi connectivity index (χ1) is 9.89. The van der Waals surface area contributed by atoms with Crippen molar-refractivity contribution in [1.82, 2.24) is 10.6 Å². The summed E-state index contributed by atoms with van der Waals surface area (Å²) in [4.78, 5) is 11.5. The number of hydrogen-bond acceptors (Lipinski definition) is 5. The molecule has 0 aromatic carbocycles. The zero-order chi connectivity index (χ0) is 16.1. The fourth-order valence-corrected chi connectivity index (χ4v) is 1.72. The highest BCUT2D eigenvalue weighted by molar-refractivity contribution is 5.67. The number of ether oxygens (including phenoxy) is 3. The minimum atomic E-state index is -0.463. The first kappa shape index (κ1) is 20.1. The molecule has 0 saturated heterocycles. The van der Waals surface area contributed by atoms with E-state index < -0.39 is 5.60 Å². The molecule has 0 spiro atoms. The molecule has 0 aromatic rings. The number of carbonyl (C=O) groups is 1. The summed E-state index contributed by atoms with van der Waals surface area (Å²) < 4.78 is 15.4. The van der Waals surface area contributed by atoms with Crippen molar-refractivity contribution in [3.63, 3.8) is 0 Å². The first-order valence-corrected chi connectivity index (χ1v) is 7.66. The Kier molecular flexibility index (Phi) is 11.3. The maximum Gasteiger partial charge on any atom is 0.407 e. The standard InChI is InChI=1S/C15H32N2O4/c1-6-7-8-13(11-20-12-19-5)16-9-10-17-14(18)21-15(2,3)4/h13,16H,6-12H2,1-5H3,(H,17,18)/t13-/m0/s1. The largest absolute Gasteiger partial charge is 0.444 e. The second kappa shape index (κ2) is 11.8. The monoisotopic (exact) mass is 304 g/mol. The van der Waals surface area contributed by atoms with Crippen LogP contribution in [0.2, 0.25) is 0 Å². The molecular weight excluding hydrogens is 272 g/mol. The highest BCUT2D eigenvalue weighted by atomic mass is 16.7. The van der Waals surface area contributed by atoms with Gasteiger partial charge >= 0.3 is 6.09 Å². The molecule has 0 saturated carbocycles. The van der Waals surface area contributed by atoms with Gasteiger partial charge in [-0.3, -0.25) is 0 Å². The van der Waals surface area contributed by atoms with E-state index in [1.807, 2.05) is 20.8 Å². The Hall–Kier alpha value is -0.850. The normalized spacial score (nSPS) is 13.0. The highest BCUT2D eigenvalue weighted by Gasteiger charge is 2.15. The van der Waals surface area contributed by atoms with Gasteiger partial charge in [-0.25, -0.2) is 4.79 Å². The van der Waals surface area contributed by atoms with Crippen molar-refractivity contribution >= 4 is 6.09 Å². The van der Waals surface area contributed by atoms with Gasteiger partial charge in [0.1, 0.15) is 12.4 Å². The number of carbonyl (C=O) groups excluding carboxylic acids is 1. The van der Waals surface area contributed by atoms with E-state index >= 15 is 0 Å². The molecule has 0 heterocycles. The van der Waals surface area contributed by atoms with Gasteiger partial charge in [-0.1, -0.05) is 19.8 Å². The van der Waals surface area contributed by atoms with Crippen LogP contribution >= 0.6 is 0 Å². The summed E-state index contributed by atoms with van der Waals surface area (Å²) >= 11 is 0. The lowest BCUT2D eigenvalue weighted by Crippen LogP contribution is -2.41. The van der Waals surface area contributed by atoms with Crippen LogP contribution in [-0.4, -0.2) is 51.3 Å². The molecule has 0 rings (SSSR count). The van der Waals surface area contributed by atoms with Crippen LogP contribution in [0.1, 0.15) is 47.0 Å². The lowest BCUT2D eigenvalue weighted by molar-refractivity contribution is -0.0386. The van der Waals surface area contributed by atoms with Crippen molar-refractivity contribution in [2.24, 2.45) is 0 Å². The fourth-order valence-electron chi connectivity index (χ4n) is 1.72. The van der Waals surface area contributed by atoms with Gasteiger partial charge in [-0.05, 0) is 27.2 Å². The van der Waals surface area contributed by atoms with E-state index in [4.69, 9.17) is 14.2 Å². The van der Waals surface area contributed by atoms with Crippen molar-refractivity contribution < 1.29 is 19.0 Å². The van der Waals surface area contributed by atoms with Crippen LogP contribution in [0.15, 0.2) is 0 Å². The SMILES string of the molecule is CCCC[C@@H](COCOC)NCCNC(=O)OC(C)(C)C. The lowest BCUT2D eigenvalue weighted by Gasteiger charge is -2.21. The summed E-state index contributed by atoms with van der Waals surface area (Å²) in [5.74, 6) is 0. The average Bonchev–Trinajstić information content (AvgIpc) is 2.38. The van der Waals surface area contributed by atoms with E-state index in [1.54, 1.807) is 7.11 Å². The second-order valence-corrected chi connectivity index (χ2v) is 6.00. The zero-order valence-electron chi connectivity index (χ0n) is 14.2. The number of nitrogens with one attached hydrogen (secondary N) is 2. The summed E-state index contributed by atoms with van der Waals surface area (Å²) in [6.07, 6.45) is 2.96. The topological polar surface area (TPSA) is 68.8 Å². The van der Waals surface area contributed by atoms with Crippen molar-refractivity contribution in [2.75, 3.05) is 33.6 Å². The zero-order valence-corrected chi connectivity index (χ0v) is 14.2. The van der Waals surface area contributed by atoms with Crippen LogP contribution in [0.25, 0.3) is 0 Å². The van der Waals surface area contributed by atoms with E-state index in [1.165, 1.54) is 0 Å². The molecule has 0 radical (unpaired) electrons. The van der Waals surface area contributed by atoms with Gasteiger partial charge in [0.05, 0.1) is 6.61 Å². The van der Waals surface area contributed by atoms with Gasteiger partial charge in [0, 0.05) is 26.2 Å². The summed E-state index contributed by atoms with van der Waals surface area (Å²) in [6.45, 7) is 9.83. The number of methoxy groups -OCH3 is 1. The molecule has 1 atom stereocenters. The lowest BCUT2D eigenvalue weighted by atomic mass is 10.1. The first-order valence-electron chi connectivity index (χ1n) is 7.66. The van der Waals surface area contributed by atoms with E-state index in [2.05, 4.69) is 17.6 Å². The quantitative estimate of drug-likeness (QED) is 0.453. The maximum atomic E-state index is 11.5. The minimum absolute atomic E-state index is 0.278. The van der Waals surface area contributed by atoms with Crippen LogP contribution < -0.4 is 10.6 Å². The van der Waals surface area contributed by atoms with Crippen LogP contribution in [0.3, 0.4) is 0 Å². The van der Waals surface area contributed by atoms with E-state index in [-0.39, 0.29) is 12.1 Å². The molecule has 0 aromatic heterocycles. The number of rotatable bonds is 11. The third-order valence-corrected chi connectivity index (χ3v) is 2.65. The van der Waals surface area contributed by atoms with Crippen LogP contribution in [0.5, 0.6) is 0 Å². The Morgan fingerprint density at radius 2 is 1.95 bits per heavy atom. The van der Waals surface area contributed by atoms with Crippen LogP contribution in [0, 0.1) is 0 Å². The predicted molar refractivity (Wildman–Crippen MR) is 83.4 cm³/mol. The third kappa shape index (κ3) is 13.9. The van der Waals surface area contributed by atoms with Crippen molar-refractivity contribution in [3.8, 4) is 0 Å². The predicted octanol–water partition coefficient (Wildman–Crippen LogP) is 2.28. The van der Waals surface area contributed by atoms with Crippen molar-refractivity contribution in [1.29, 1.82) is 0 Å². The number of hydrogen-bond donors (Lipinski definition) is 2. The Labute approximate surface area is 128 Å². The Morgan fingerprint density at radius 3 is 2.52 bits per heavy atom. The molecular formula is C15H32N2O4. The molecule has 126 valence electrons. The fraction of sp³-hybridized carbons (Fsp3) is 0.933. The Balaban J connectivity index is 3.82. The van der Waals surface area contributed by atoms with Gasteiger partial charge in [0.25, 0.3) is 0 Å². The van der Waals surface area contributed by atoms with E-state index in [9.17, 15) is 4.79 Å². The smallest absolute Gasteiger partial charge is 0.407 e. The molecule has 6 nitrogen and oxygen atoms in total. The van der Waals surface area contributed by atoms with E-state index in [0.717, 1.165) is 19.3 Å². The van der Waals surface area contributed by atoms with Crippen LogP contribution in [0.4, 0.5) is 4.79 Å². The molecule has 0 aliphatic carbocycles. The second-order valence-electron chi connectivity index (χ2n) is 6.00. The average molecular weight is 304 g/mol. The maximum absolute atomic E-state index is 11.5. The molecule has 0 bridgehead atoms. The summed E-state index contributed by atoms with van der Waals surface area (Å²) in [5, 5.41) is 6.11. The Bertz CT molecular complexity index is 267. The minimum Gasteiger partial charge on any atom is -0.444 e. The molecule has 0 unspecified atom stereocenters. The molecule has 0 aliphatic rings. The van der Waals surface area contributed by atoms with Gasteiger partial charge in [-0.15, -0.1) is 0 Å². The Morgan fingerprint density at radius 1 is 1.24 bits per heavy atom. The van der Waals surface area contributed by atoms with Gasteiger partial charge in [0.15, 0.2) is 0 Å². The molecule has 1 amide bonds. The summed E-state index contributed by atoms with van der Waals surface area (Å²) in [7, 11) is 1.61. The molecule has 0 aliphatic heterocycles. The van der Waals surface area contributed by atoms with Gasteiger partial charge < -0.3 is 24.8 Å². The number of unbranched alkanes of at least 4 members (excludes halogenated alkanes) is 1. The summed E-state index contributed by atoms with van der Waals surface area (Å²) in [6, 6.07) is 0.278.